The van der Waals surface area contributed by atoms with E-state index < -0.39 is 0 Å². The first-order valence-electron chi connectivity index (χ1n) is 12.7. The van der Waals surface area contributed by atoms with E-state index >= 15 is 0 Å². The molecular formula is C30H33N5O3. The summed E-state index contributed by atoms with van der Waals surface area (Å²) in [7, 11) is 1.66. The van der Waals surface area contributed by atoms with Gasteiger partial charge in [-0.3, -0.25) is 4.57 Å². The van der Waals surface area contributed by atoms with Gasteiger partial charge < -0.3 is 19.9 Å². The lowest BCUT2D eigenvalue weighted by atomic mass is 10.1. The third-order valence-electron chi connectivity index (χ3n) is 7.00. The Morgan fingerprint density at radius 3 is 2.47 bits per heavy atom. The molecule has 0 aliphatic carbocycles. The maximum absolute atomic E-state index is 6.42. The van der Waals surface area contributed by atoms with Gasteiger partial charge in [0.15, 0.2) is 5.65 Å². The van der Waals surface area contributed by atoms with Gasteiger partial charge >= 0.3 is 0 Å². The van der Waals surface area contributed by atoms with Crippen LogP contribution in [0.15, 0.2) is 48.8 Å². The van der Waals surface area contributed by atoms with Gasteiger partial charge in [0.2, 0.25) is 0 Å². The molecule has 3 heterocycles. The first kappa shape index (κ1) is 25.5. The van der Waals surface area contributed by atoms with Crippen molar-refractivity contribution in [2.24, 2.45) is 0 Å². The highest BCUT2D eigenvalue weighted by molar-refractivity contribution is 6.11. The zero-order chi connectivity index (χ0) is 27.0. The van der Waals surface area contributed by atoms with Crippen LogP contribution in [0, 0.1) is 20.8 Å². The lowest BCUT2D eigenvalue weighted by molar-refractivity contribution is 0.0758. The third kappa shape index (κ3) is 4.41. The molecule has 1 unspecified atom stereocenters. The van der Waals surface area contributed by atoms with Crippen molar-refractivity contribution in [1.29, 1.82) is 0 Å². The van der Waals surface area contributed by atoms with E-state index in [-0.39, 0.29) is 6.10 Å². The first-order valence-corrected chi connectivity index (χ1v) is 12.7. The molecule has 8 heteroatoms. The molecule has 0 spiro atoms. The maximum Gasteiger partial charge on any atom is 0.152 e. The van der Waals surface area contributed by atoms with E-state index in [1.807, 2.05) is 51.1 Å². The molecule has 0 radical (unpaired) electrons. The topological polar surface area (TPSA) is 97.3 Å². The van der Waals surface area contributed by atoms with Gasteiger partial charge in [0.25, 0.3) is 0 Å². The largest absolute Gasteiger partial charge is 0.497 e. The van der Waals surface area contributed by atoms with E-state index in [1.165, 1.54) is 6.33 Å². The Bertz CT molecular complexity index is 1630. The molecular weight excluding hydrogens is 478 g/mol. The number of anilines is 1. The predicted octanol–water partition coefficient (Wildman–Crippen LogP) is 6.16. The van der Waals surface area contributed by atoms with Crippen molar-refractivity contribution in [2.45, 2.75) is 47.3 Å². The summed E-state index contributed by atoms with van der Waals surface area (Å²) in [5.74, 6) is 2.02. The lowest BCUT2D eigenvalue weighted by Crippen LogP contribution is -2.07. The van der Waals surface area contributed by atoms with E-state index in [1.54, 1.807) is 7.11 Å². The molecule has 0 saturated carbocycles. The minimum absolute atomic E-state index is 0.0979. The number of fused-ring (bicyclic) bond motifs is 3. The average molecular weight is 512 g/mol. The number of benzene rings is 2. The van der Waals surface area contributed by atoms with Crippen molar-refractivity contribution in [3.05, 3.63) is 76.7 Å². The lowest BCUT2D eigenvalue weighted by Gasteiger charge is -2.18. The zero-order valence-corrected chi connectivity index (χ0v) is 22.7. The maximum atomic E-state index is 6.42. The number of aromatic nitrogens is 4. The van der Waals surface area contributed by atoms with Crippen LogP contribution >= 0.6 is 0 Å². The fourth-order valence-corrected chi connectivity index (χ4v) is 5.04. The van der Waals surface area contributed by atoms with Gasteiger partial charge in [0.1, 0.15) is 35.9 Å². The van der Waals surface area contributed by atoms with Crippen LogP contribution < -0.4 is 15.2 Å². The summed E-state index contributed by atoms with van der Waals surface area (Å²) >= 11 is 0. The number of methoxy groups -OCH3 is 1. The normalized spacial score (nSPS) is 12.3. The minimum atomic E-state index is -0.0979. The van der Waals surface area contributed by atoms with Gasteiger partial charge in [-0.15, -0.1) is 0 Å². The highest BCUT2D eigenvalue weighted by atomic mass is 16.5. The van der Waals surface area contributed by atoms with Crippen LogP contribution in [-0.4, -0.2) is 33.2 Å². The number of hydrogen-bond donors (Lipinski definition) is 1. The van der Waals surface area contributed by atoms with Crippen LogP contribution in [0.3, 0.4) is 0 Å². The summed E-state index contributed by atoms with van der Waals surface area (Å²) in [5, 5.41) is 1.68. The Balaban J connectivity index is 1.67. The van der Waals surface area contributed by atoms with Crippen LogP contribution in [0.4, 0.5) is 5.82 Å². The van der Waals surface area contributed by atoms with E-state index in [0.29, 0.717) is 24.7 Å². The molecule has 196 valence electrons. The monoisotopic (exact) mass is 511 g/mol. The Morgan fingerprint density at radius 1 is 1.00 bits per heavy atom. The second-order valence-corrected chi connectivity index (χ2v) is 9.42. The second-order valence-electron chi connectivity index (χ2n) is 9.42. The van der Waals surface area contributed by atoms with Crippen LogP contribution in [0.5, 0.6) is 11.5 Å². The molecule has 1 atom stereocenters. The molecule has 0 aliphatic heterocycles. The Labute approximate surface area is 222 Å². The highest BCUT2D eigenvalue weighted by Gasteiger charge is 2.23. The van der Waals surface area contributed by atoms with Crippen LogP contribution in [0.1, 0.15) is 47.9 Å². The number of rotatable bonds is 8. The van der Waals surface area contributed by atoms with E-state index in [4.69, 9.17) is 24.9 Å². The van der Waals surface area contributed by atoms with Gasteiger partial charge in [-0.25, -0.2) is 15.0 Å². The van der Waals surface area contributed by atoms with Crippen molar-refractivity contribution < 1.29 is 14.2 Å². The average Bonchev–Trinajstić information content (AvgIpc) is 3.22. The smallest absolute Gasteiger partial charge is 0.152 e. The van der Waals surface area contributed by atoms with E-state index in [9.17, 15) is 0 Å². The van der Waals surface area contributed by atoms with Crippen molar-refractivity contribution in [2.75, 3.05) is 19.5 Å². The predicted molar refractivity (Wildman–Crippen MR) is 150 cm³/mol. The number of hydrogen-bond acceptors (Lipinski definition) is 7. The van der Waals surface area contributed by atoms with Crippen molar-refractivity contribution in [3.63, 3.8) is 0 Å². The van der Waals surface area contributed by atoms with Gasteiger partial charge in [0.05, 0.1) is 24.3 Å². The number of aryl methyl sites for hydroxylation is 2. The second kappa shape index (κ2) is 10.3. The fourth-order valence-electron chi connectivity index (χ4n) is 5.04. The summed E-state index contributed by atoms with van der Waals surface area (Å²) in [6, 6.07) is 14.1. The zero-order valence-electron chi connectivity index (χ0n) is 22.7. The fraction of sp³-hybridized carbons (Fsp3) is 0.300. The molecule has 2 aromatic carbocycles. The summed E-state index contributed by atoms with van der Waals surface area (Å²) in [6.45, 7) is 11.2. The first-order chi connectivity index (χ1) is 18.3. The van der Waals surface area contributed by atoms with Gasteiger partial charge in [-0.1, -0.05) is 18.2 Å². The Kier molecular flexibility index (Phi) is 6.91. The third-order valence-corrected chi connectivity index (χ3v) is 7.00. The van der Waals surface area contributed by atoms with Gasteiger partial charge in [0, 0.05) is 28.8 Å². The van der Waals surface area contributed by atoms with Crippen molar-refractivity contribution in [1.82, 2.24) is 19.5 Å². The number of ether oxygens (including phenoxy) is 3. The number of nitrogen functional groups attached to an aromatic ring is 1. The molecule has 8 nitrogen and oxygen atoms in total. The summed E-state index contributed by atoms with van der Waals surface area (Å²) < 4.78 is 19.5. The Hall–Kier alpha value is -4.17. The van der Waals surface area contributed by atoms with E-state index in [2.05, 4.69) is 40.5 Å². The molecule has 3 aromatic heterocycles. The SMILES string of the molecule is CCOC(C)c1cc2c3c(N)ncnc3n(-c3c(C)ccc(OCc4ccc(OC)cc4)c3C)c2nc1C. The summed E-state index contributed by atoms with van der Waals surface area (Å²) in [5.41, 5.74) is 13.9. The minimum Gasteiger partial charge on any atom is -0.497 e. The van der Waals surface area contributed by atoms with Crippen LogP contribution in [0.25, 0.3) is 27.8 Å². The van der Waals surface area contributed by atoms with Crippen LogP contribution in [0.2, 0.25) is 0 Å². The summed E-state index contributed by atoms with van der Waals surface area (Å²) in [6.07, 6.45) is 1.40. The van der Waals surface area contributed by atoms with Crippen molar-refractivity contribution >= 4 is 27.9 Å². The number of pyridine rings is 1. The molecule has 0 aliphatic rings. The molecule has 2 N–H and O–H groups in total. The molecule has 0 saturated heterocycles. The molecule has 38 heavy (non-hydrogen) atoms. The standard InChI is InChI=1S/C30H33N5O3/c1-7-37-20(5)23-14-24-26-28(31)32-16-33-30(26)35(29(24)34-19(23)4)27-17(2)8-13-25(18(27)3)38-15-21-9-11-22(36-6)12-10-21/h8-14,16,20H,7,15H2,1-6H3,(H2,31,32,33). The highest BCUT2D eigenvalue weighted by Crippen LogP contribution is 2.38. The Morgan fingerprint density at radius 2 is 1.76 bits per heavy atom. The van der Waals surface area contributed by atoms with Gasteiger partial charge in [-0.05, 0) is 70.0 Å². The number of nitrogens with two attached hydrogens (primary N) is 1. The quantitative estimate of drug-likeness (QED) is 0.266. The number of nitrogens with zero attached hydrogens (tertiary/aromatic N) is 4. The molecule has 5 rings (SSSR count). The molecule has 0 bridgehead atoms. The summed E-state index contributed by atoms with van der Waals surface area (Å²) in [4.78, 5) is 14.0. The molecule has 5 aromatic rings. The molecule has 0 amide bonds. The van der Waals surface area contributed by atoms with E-state index in [0.717, 1.165) is 61.6 Å². The molecule has 0 fully saturated rings. The van der Waals surface area contributed by atoms with Crippen molar-refractivity contribution in [3.8, 4) is 17.2 Å². The van der Waals surface area contributed by atoms with Crippen LogP contribution in [-0.2, 0) is 11.3 Å². The van der Waals surface area contributed by atoms with Gasteiger partial charge in [-0.2, -0.15) is 0 Å².